The molecule has 0 amide bonds. The standard InChI is InChI=1S/C14H16N2O2/c15-12(10-17)8-11-6-7-14(16-9-11)18-13-4-2-1-3-5-13/h1-7,9,12,17H,8,10,15H2. The summed E-state index contributed by atoms with van der Waals surface area (Å²) in [4.78, 5) is 4.20. The molecule has 1 aromatic heterocycles. The van der Waals surface area contributed by atoms with Gasteiger partial charge in [-0.2, -0.15) is 0 Å². The van der Waals surface area contributed by atoms with Crippen molar-refractivity contribution in [3.63, 3.8) is 0 Å². The molecule has 0 aliphatic carbocycles. The van der Waals surface area contributed by atoms with Gasteiger partial charge in [0.25, 0.3) is 0 Å². The number of nitrogens with zero attached hydrogens (tertiary/aromatic N) is 1. The third-order valence-electron chi connectivity index (χ3n) is 2.50. The third-order valence-corrected chi connectivity index (χ3v) is 2.50. The number of aliphatic hydroxyl groups excluding tert-OH is 1. The van der Waals surface area contributed by atoms with Crippen molar-refractivity contribution in [1.29, 1.82) is 0 Å². The van der Waals surface area contributed by atoms with Crippen molar-refractivity contribution in [1.82, 2.24) is 4.98 Å². The highest BCUT2D eigenvalue weighted by Crippen LogP contribution is 2.18. The van der Waals surface area contributed by atoms with Crippen molar-refractivity contribution in [3.8, 4) is 11.6 Å². The van der Waals surface area contributed by atoms with Gasteiger partial charge < -0.3 is 15.6 Å². The van der Waals surface area contributed by atoms with E-state index in [1.165, 1.54) is 0 Å². The van der Waals surface area contributed by atoms with E-state index in [9.17, 15) is 0 Å². The molecule has 0 saturated carbocycles. The SMILES string of the molecule is NC(CO)Cc1ccc(Oc2ccccc2)nc1. The number of ether oxygens (including phenoxy) is 1. The Labute approximate surface area is 106 Å². The minimum atomic E-state index is -0.243. The summed E-state index contributed by atoms with van der Waals surface area (Å²) < 4.78 is 5.57. The predicted octanol–water partition coefficient (Wildman–Crippen LogP) is 1.74. The molecule has 0 spiro atoms. The van der Waals surface area contributed by atoms with E-state index in [4.69, 9.17) is 15.6 Å². The molecule has 1 unspecified atom stereocenters. The summed E-state index contributed by atoms with van der Waals surface area (Å²) in [5.41, 5.74) is 6.64. The summed E-state index contributed by atoms with van der Waals surface area (Å²) >= 11 is 0. The fourth-order valence-corrected chi connectivity index (χ4v) is 1.57. The number of aromatic nitrogens is 1. The first-order chi connectivity index (χ1) is 8.78. The maximum absolute atomic E-state index is 8.88. The topological polar surface area (TPSA) is 68.4 Å². The molecule has 2 aromatic rings. The normalized spacial score (nSPS) is 12.1. The van der Waals surface area contributed by atoms with Gasteiger partial charge in [-0.3, -0.25) is 0 Å². The number of benzene rings is 1. The van der Waals surface area contributed by atoms with E-state index in [1.54, 1.807) is 12.3 Å². The van der Waals surface area contributed by atoms with Crippen molar-refractivity contribution in [3.05, 3.63) is 54.2 Å². The van der Waals surface area contributed by atoms with E-state index in [1.807, 2.05) is 36.4 Å². The van der Waals surface area contributed by atoms with Crippen LogP contribution in [0.4, 0.5) is 0 Å². The second kappa shape index (κ2) is 6.14. The summed E-state index contributed by atoms with van der Waals surface area (Å²) in [6.07, 6.45) is 2.32. The molecule has 0 radical (unpaired) electrons. The summed E-state index contributed by atoms with van der Waals surface area (Å²) in [6.45, 7) is -0.0255. The van der Waals surface area contributed by atoms with Gasteiger partial charge in [0.1, 0.15) is 5.75 Å². The summed E-state index contributed by atoms with van der Waals surface area (Å²) in [7, 11) is 0. The molecule has 0 aliphatic rings. The molecular formula is C14H16N2O2. The highest BCUT2D eigenvalue weighted by Gasteiger charge is 2.03. The van der Waals surface area contributed by atoms with Crippen LogP contribution in [0, 0.1) is 0 Å². The zero-order valence-electron chi connectivity index (χ0n) is 9.99. The molecule has 3 N–H and O–H groups in total. The van der Waals surface area contributed by atoms with Crippen molar-refractivity contribution in [2.24, 2.45) is 5.73 Å². The lowest BCUT2D eigenvalue weighted by molar-refractivity contribution is 0.265. The monoisotopic (exact) mass is 244 g/mol. The van der Waals surface area contributed by atoms with Gasteiger partial charge in [0.2, 0.25) is 5.88 Å². The number of hydrogen-bond donors (Lipinski definition) is 2. The first-order valence-corrected chi connectivity index (χ1v) is 5.82. The van der Waals surface area contributed by atoms with Crippen LogP contribution < -0.4 is 10.5 Å². The lowest BCUT2D eigenvalue weighted by Crippen LogP contribution is -2.26. The van der Waals surface area contributed by atoms with Crippen LogP contribution in [0.5, 0.6) is 11.6 Å². The summed E-state index contributed by atoms with van der Waals surface area (Å²) in [5, 5.41) is 8.88. The molecule has 94 valence electrons. The highest BCUT2D eigenvalue weighted by atomic mass is 16.5. The first kappa shape index (κ1) is 12.5. The van der Waals surface area contributed by atoms with Crippen LogP contribution in [0.25, 0.3) is 0 Å². The average molecular weight is 244 g/mol. The van der Waals surface area contributed by atoms with Crippen LogP contribution in [0.1, 0.15) is 5.56 Å². The molecule has 0 fully saturated rings. The Morgan fingerprint density at radius 2 is 1.94 bits per heavy atom. The van der Waals surface area contributed by atoms with Crippen LogP contribution in [-0.4, -0.2) is 22.7 Å². The zero-order chi connectivity index (χ0) is 12.8. The van der Waals surface area contributed by atoms with Gasteiger partial charge in [-0.05, 0) is 24.1 Å². The Kier molecular flexibility index (Phi) is 4.28. The van der Waals surface area contributed by atoms with Crippen LogP contribution in [0.15, 0.2) is 48.7 Å². The smallest absolute Gasteiger partial charge is 0.219 e. The van der Waals surface area contributed by atoms with Gasteiger partial charge in [0.15, 0.2) is 0 Å². The van der Waals surface area contributed by atoms with Crippen molar-refractivity contribution >= 4 is 0 Å². The number of aliphatic hydroxyl groups is 1. The molecule has 0 aliphatic heterocycles. The Balaban J connectivity index is 2.00. The van der Waals surface area contributed by atoms with E-state index < -0.39 is 0 Å². The quantitative estimate of drug-likeness (QED) is 0.840. The number of para-hydroxylation sites is 1. The molecule has 4 heteroatoms. The van der Waals surface area contributed by atoms with Crippen LogP contribution in [0.2, 0.25) is 0 Å². The second-order valence-corrected chi connectivity index (χ2v) is 4.07. The van der Waals surface area contributed by atoms with Gasteiger partial charge >= 0.3 is 0 Å². The number of nitrogens with two attached hydrogens (primary N) is 1. The maximum Gasteiger partial charge on any atom is 0.219 e. The molecule has 1 aromatic carbocycles. The van der Waals surface area contributed by atoms with Crippen LogP contribution >= 0.6 is 0 Å². The van der Waals surface area contributed by atoms with Crippen LogP contribution in [-0.2, 0) is 6.42 Å². The van der Waals surface area contributed by atoms with E-state index in [0.717, 1.165) is 11.3 Å². The Morgan fingerprint density at radius 3 is 2.56 bits per heavy atom. The molecule has 18 heavy (non-hydrogen) atoms. The zero-order valence-corrected chi connectivity index (χ0v) is 9.99. The molecule has 2 rings (SSSR count). The molecular weight excluding hydrogens is 228 g/mol. The maximum atomic E-state index is 8.88. The van der Waals surface area contributed by atoms with Gasteiger partial charge in [0.05, 0.1) is 6.61 Å². The van der Waals surface area contributed by atoms with Crippen molar-refractivity contribution in [2.45, 2.75) is 12.5 Å². The van der Waals surface area contributed by atoms with E-state index in [0.29, 0.717) is 12.3 Å². The lowest BCUT2D eigenvalue weighted by Gasteiger charge is -2.08. The van der Waals surface area contributed by atoms with Gasteiger partial charge in [-0.25, -0.2) is 4.98 Å². The molecule has 0 saturated heterocycles. The second-order valence-electron chi connectivity index (χ2n) is 4.07. The largest absolute Gasteiger partial charge is 0.439 e. The third kappa shape index (κ3) is 3.55. The molecule has 4 nitrogen and oxygen atoms in total. The summed E-state index contributed by atoms with van der Waals surface area (Å²) in [6, 6.07) is 12.9. The Morgan fingerprint density at radius 1 is 1.17 bits per heavy atom. The molecule has 1 atom stereocenters. The van der Waals surface area contributed by atoms with Crippen molar-refractivity contribution in [2.75, 3.05) is 6.61 Å². The van der Waals surface area contributed by atoms with Crippen molar-refractivity contribution < 1.29 is 9.84 Å². The van der Waals surface area contributed by atoms with Gasteiger partial charge in [-0.15, -0.1) is 0 Å². The van der Waals surface area contributed by atoms with E-state index >= 15 is 0 Å². The predicted molar refractivity (Wildman–Crippen MR) is 69.5 cm³/mol. The van der Waals surface area contributed by atoms with E-state index in [-0.39, 0.29) is 12.6 Å². The number of rotatable bonds is 5. The molecule has 1 heterocycles. The lowest BCUT2D eigenvalue weighted by atomic mass is 10.1. The minimum absolute atomic E-state index is 0.0255. The molecule has 0 bridgehead atoms. The van der Waals surface area contributed by atoms with E-state index in [2.05, 4.69) is 4.98 Å². The minimum Gasteiger partial charge on any atom is -0.439 e. The highest BCUT2D eigenvalue weighted by molar-refractivity contribution is 5.27. The average Bonchev–Trinajstić information content (AvgIpc) is 2.42. The summed E-state index contributed by atoms with van der Waals surface area (Å²) in [5.74, 6) is 1.30. The van der Waals surface area contributed by atoms with Gasteiger partial charge in [0, 0.05) is 18.3 Å². The fraction of sp³-hybridized carbons (Fsp3) is 0.214. The number of hydrogen-bond acceptors (Lipinski definition) is 4. The number of pyridine rings is 1. The Bertz CT molecular complexity index is 471. The fourth-order valence-electron chi connectivity index (χ4n) is 1.57. The Hall–Kier alpha value is -1.91. The first-order valence-electron chi connectivity index (χ1n) is 5.82. The van der Waals surface area contributed by atoms with Crippen LogP contribution in [0.3, 0.4) is 0 Å². The van der Waals surface area contributed by atoms with Gasteiger partial charge in [-0.1, -0.05) is 24.3 Å².